The largest absolute Gasteiger partial charge is 0.352 e. The molecule has 0 aliphatic heterocycles. The van der Waals surface area contributed by atoms with Crippen molar-refractivity contribution < 1.29 is 4.79 Å². The van der Waals surface area contributed by atoms with E-state index in [9.17, 15) is 9.59 Å². The predicted molar refractivity (Wildman–Crippen MR) is 105 cm³/mol. The number of rotatable bonds is 5. The summed E-state index contributed by atoms with van der Waals surface area (Å²) in [5, 5.41) is 3.92. The van der Waals surface area contributed by atoms with Crippen LogP contribution in [0.3, 0.4) is 0 Å². The van der Waals surface area contributed by atoms with E-state index in [4.69, 9.17) is 0 Å². The summed E-state index contributed by atoms with van der Waals surface area (Å²) >= 11 is 0. The fourth-order valence-electron chi connectivity index (χ4n) is 3.07. The number of fused-ring (bicyclic) bond motifs is 1. The first-order chi connectivity index (χ1) is 12.4. The molecule has 0 atom stereocenters. The number of amides is 1. The van der Waals surface area contributed by atoms with Gasteiger partial charge in [0.2, 0.25) is 5.91 Å². The molecule has 0 spiro atoms. The molecule has 0 saturated heterocycles. The molecule has 134 valence electrons. The van der Waals surface area contributed by atoms with Crippen LogP contribution in [0.4, 0.5) is 0 Å². The maximum absolute atomic E-state index is 12.3. The zero-order valence-electron chi connectivity index (χ0n) is 15.5. The molecule has 0 saturated carbocycles. The number of hydrogen-bond acceptors (Lipinski definition) is 2. The third-order valence-electron chi connectivity index (χ3n) is 4.73. The molecule has 3 rings (SSSR count). The Balaban J connectivity index is 1.65. The SMILES string of the molecule is Cc1cccc(CNC(=O)CCc2cc3cc(C)c(C)cc3[nH]c2=O)c1. The van der Waals surface area contributed by atoms with Gasteiger partial charge in [0.1, 0.15) is 0 Å². The van der Waals surface area contributed by atoms with Crippen LogP contribution in [0.5, 0.6) is 0 Å². The molecule has 0 aliphatic rings. The smallest absolute Gasteiger partial charge is 0.251 e. The summed E-state index contributed by atoms with van der Waals surface area (Å²) in [7, 11) is 0. The number of aromatic amines is 1. The Morgan fingerprint density at radius 3 is 2.58 bits per heavy atom. The van der Waals surface area contributed by atoms with Gasteiger partial charge in [0.25, 0.3) is 5.56 Å². The summed E-state index contributed by atoms with van der Waals surface area (Å²) in [6.07, 6.45) is 0.725. The number of carbonyl (C=O) groups is 1. The third-order valence-corrected chi connectivity index (χ3v) is 4.73. The van der Waals surface area contributed by atoms with Crippen molar-refractivity contribution in [3.05, 3.63) is 80.6 Å². The summed E-state index contributed by atoms with van der Waals surface area (Å²) < 4.78 is 0. The average molecular weight is 348 g/mol. The molecule has 1 amide bonds. The van der Waals surface area contributed by atoms with E-state index >= 15 is 0 Å². The zero-order valence-corrected chi connectivity index (χ0v) is 15.5. The summed E-state index contributed by atoms with van der Waals surface area (Å²) in [6.45, 7) is 6.62. The van der Waals surface area contributed by atoms with E-state index < -0.39 is 0 Å². The maximum atomic E-state index is 12.3. The Bertz CT molecular complexity index is 1020. The Kier molecular flexibility index (Phi) is 5.21. The van der Waals surface area contributed by atoms with Crippen molar-refractivity contribution >= 4 is 16.8 Å². The third kappa shape index (κ3) is 4.20. The Hall–Kier alpha value is -2.88. The highest BCUT2D eigenvalue weighted by molar-refractivity contribution is 5.81. The number of carbonyl (C=O) groups excluding carboxylic acids is 1. The van der Waals surface area contributed by atoms with Gasteiger partial charge in [0, 0.05) is 24.0 Å². The van der Waals surface area contributed by atoms with Crippen LogP contribution >= 0.6 is 0 Å². The van der Waals surface area contributed by atoms with Gasteiger partial charge in [-0.05, 0) is 67.5 Å². The molecular weight excluding hydrogens is 324 g/mol. The summed E-state index contributed by atoms with van der Waals surface area (Å²) in [5.41, 5.74) is 5.95. The number of aryl methyl sites for hydroxylation is 4. The summed E-state index contributed by atoms with van der Waals surface area (Å²) in [6, 6.07) is 14.0. The Morgan fingerprint density at radius 2 is 1.81 bits per heavy atom. The van der Waals surface area contributed by atoms with E-state index in [2.05, 4.69) is 29.4 Å². The quantitative estimate of drug-likeness (QED) is 0.738. The first-order valence-corrected chi connectivity index (χ1v) is 8.88. The van der Waals surface area contributed by atoms with Gasteiger partial charge in [0.05, 0.1) is 0 Å². The molecular formula is C22H24N2O2. The van der Waals surface area contributed by atoms with Crippen molar-refractivity contribution in [2.24, 2.45) is 0 Å². The van der Waals surface area contributed by atoms with Crippen molar-refractivity contribution in [3.8, 4) is 0 Å². The Morgan fingerprint density at radius 1 is 1.04 bits per heavy atom. The number of pyridine rings is 1. The van der Waals surface area contributed by atoms with Crippen LogP contribution in [0.15, 0.2) is 47.3 Å². The molecule has 0 radical (unpaired) electrons. The van der Waals surface area contributed by atoms with Crippen molar-refractivity contribution in [2.45, 2.75) is 40.2 Å². The molecule has 0 aliphatic carbocycles. The minimum Gasteiger partial charge on any atom is -0.352 e. The van der Waals surface area contributed by atoms with Crippen LogP contribution < -0.4 is 10.9 Å². The van der Waals surface area contributed by atoms with Gasteiger partial charge >= 0.3 is 0 Å². The second-order valence-electron chi connectivity index (χ2n) is 6.91. The second-order valence-corrected chi connectivity index (χ2v) is 6.91. The molecule has 4 heteroatoms. The van der Waals surface area contributed by atoms with Gasteiger partial charge in [-0.25, -0.2) is 0 Å². The molecule has 2 N–H and O–H groups in total. The van der Waals surface area contributed by atoms with Gasteiger partial charge in [-0.1, -0.05) is 29.8 Å². The molecule has 1 aromatic heterocycles. The van der Waals surface area contributed by atoms with Gasteiger partial charge in [-0.3, -0.25) is 9.59 Å². The number of aromatic nitrogens is 1. The van der Waals surface area contributed by atoms with Crippen LogP contribution in [0.1, 0.15) is 34.2 Å². The van der Waals surface area contributed by atoms with Crippen molar-refractivity contribution in [1.29, 1.82) is 0 Å². The van der Waals surface area contributed by atoms with E-state index in [0.717, 1.165) is 22.0 Å². The van der Waals surface area contributed by atoms with Crippen LogP contribution in [0, 0.1) is 20.8 Å². The van der Waals surface area contributed by atoms with E-state index in [1.54, 1.807) is 0 Å². The topological polar surface area (TPSA) is 62.0 Å². The lowest BCUT2D eigenvalue weighted by atomic mass is 10.0. The van der Waals surface area contributed by atoms with Gasteiger partial charge in [-0.2, -0.15) is 0 Å². The first-order valence-electron chi connectivity index (χ1n) is 8.88. The standard InChI is InChI=1S/C22H24N2O2/c1-14-5-4-6-17(9-14)13-23-21(25)8-7-18-12-19-10-15(2)16(3)11-20(19)24-22(18)26/h4-6,9-12H,7-8,13H2,1-3H3,(H,23,25)(H,24,26). The predicted octanol–water partition coefficient (Wildman–Crippen LogP) is 3.70. The molecule has 0 fully saturated rings. The van der Waals surface area contributed by atoms with Gasteiger partial charge in [0.15, 0.2) is 0 Å². The van der Waals surface area contributed by atoms with Crippen LogP contribution in [0.2, 0.25) is 0 Å². The van der Waals surface area contributed by atoms with E-state index in [1.807, 2.05) is 44.2 Å². The summed E-state index contributed by atoms with van der Waals surface area (Å²) in [4.78, 5) is 27.3. The fourth-order valence-corrected chi connectivity index (χ4v) is 3.07. The van der Waals surface area contributed by atoms with Crippen molar-refractivity contribution in [2.75, 3.05) is 0 Å². The molecule has 0 unspecified atom stereocenters. The summed E-state index contributed by atoms with van der Waals surface area (Å²) in [5.74, 6) is -0.0499. The van der Waals surface area contributed by atoms with Gasteiger partial charge < -0.3 is 10.3 Å². The van der Waals surface area contributed by atoms with Crippen molar-refractivity contribution in [3.63, 3.8) is 0 Å². The van der Waals surface area contributed by atoms with Crippen LogP contribution in [-0.4, -0.2) is 10.9 Å². The average Bonchev–Trinajstić information content (AvgIpc) is 2.60. The number of benzene rings is 2. The van der Waals surface area contributed by atoms with E-state index in [0.29, 0.717) is 24.9 Å². The highest BCUT2D eigenvalue weighted by Gasteiger charge is 2.08. The molecule has 0 bridgehead atoms. The monoisotopic (exact) mass is 348 g/mol. The molecule has 4 nitrogen and oxygen atoms in total. The van der Waals surface area contributed by atoms with E-state index in [1.165, 1.54) is 11.1 Å². The molecule has 2 aromatic carbocycles. The highest BCUT2D eigenvalue weighted by atomic mass is 16.1. The minimum absolute atomic E-state index is 0.0499. The lowest BCUT2D eigenvalue weighted by molar-refractivity contribution is -0.121. The van der Waals surface area contributed by atoms with Crippen molar-refractivity contribution in [1.82, 2.24) is 10.3 Å². The normalized spacial score (nSPS) is 10.9. The van der Waals surface area contributed by atoms with Crippen LogP contribution in [0.25, 0.3) is 10.9 Å². The minimum atomic E-state index is -0.118. The molecule has 3 aromatic rings. The van der Waals surface area contributed by atoms with Crippen LogP contribution in [-0.2, 0) is 17.8 Å². The maximum Gasteiger partial charge on any atom is 0.251 e. The zero-order chi connectivity index (χ0) is 18.7. The number of H-pyrrole nitrogens is 1. The molecule has 26 heavy (non-hydrogen) atoms. The number of nitrogens with one attached hydrogen (secondary N) is 2. The lowest BCUT2D eigenvalue weighted by Crippen LogP contribution is -2.24. The number of hydrogen-bond donors (Lipinski definition) is 2. The fraction of sp³-hybridized carbons (Fsp3) is 0.273. The van der Waals surface area contributed by atoms with Gasteiger partial charge in [-0.15, -0.1) is 0 Å². The highest BCUT2D eigenvalue weighted by Crippen LogP contribution is 2.17. The first kappa shape index (κ1) is 17.9. The Labute approximate surface area is 153 Å². The second kappa shape index (κ2) is 7.56. The molecule has 1 heterocycles. The lowest BCUT2D eigenvalue weighted by Gasteiger charge is -2.08. The van der Waals surface area contributed by atoms with E-state index in [-0.39, 0.29) is 11.5 Å².